The zero-order valence-corrected chi connectivity index (χ0v) is 7.98. The highest BCUT2D eigenvalue weighted by atomic mass is 32.2. The Bertz CT molecular complexity index is 386. The second-order valence-corrected chi connectivity index (χ2v) is 3.88. The lowest BCUT2D eigenvalue weighted by atomic mass is 10.5. The van der Waals surface area contributed by atoms with Crippen molar-refractivity contribution in [2.24, 2.45) is 0 Å². The van der Waals surface area contributed by atoms with Gasteiger partial charge in [-0.15, -0.1) is 0 Å². The van der Waals surface area contributed by atoms with E-state index in [9.17, 15) is 8.42 Å². The van der Waals surface area contributed by atoms with E-state index in [0.29, 0.717) is 10.1 Å². The minimum atomic E-state index is -4.22. The Hall–Kier alpha value is -1.21. The van der Waals surface area contributed by atoms with Gasteiger partial charge < -0.3 is 0 Å². The van der Waals surface area contributed by atoms with Crippen molar-refractivity contribution in [1.29, 1.82) is 0 Å². The van der Waals surface area contributed by atoms with Gasteiger partial charge in [0.1, 0.15) is 5.82 Å². The van der Waals surface area contributed by atoms with E-state index in [4.69, 9.17) is 4.55 Å². The van der Waals surface area contributed by atoms with E-state index in [1.807, 2.05) is 0 Å². The predicted molar refractivity (Wildman–Crippen MR) is 46.7 cm³/mol. The highest BCUT2D eigenvalue weighted by Gasteiger charge is 2.14. The lowest BCUT2D eigenvalue weighted by Gasteiger charge is -2.13. The molecule has 1 rings (SSSR count). The molecule has 6 nitrogen and oxygen atoms in total. The van der Waals surface area contributed by atoms with Gasteiger partial charge in [0.15, 0.2) is 0 Å². The second kappa shape index (κ2) is 3.27. The van der Waals surface area contributed by atoms with Gasteiger partial charge in [-0.05, 0) is 6.92 Å². The molecular formula is C6H9N3O3S. The summed E-state index contributed by atoms with van der Waals surface area (Å²) in [7, 11) is -3.00. The number of rotatable bonds is 2. The molecule has 1 heterocycles. The first kappa shape index (κ1) is 9.87. The molecule has 0 spiro atoms. The third-order valence-electron chi connectivity index (χ3n) is 1.48. The largest absolute Gasteiger partial charge is 0.359 e. The van der Waals surface area contributed by atoms with Gasteiger partial charge in [-0.2, -0.15) is 8.42 Å². The van der Waals surface area contributed by atoms with Crippen LogP contribution in [0.2, 0.25) is 0 Å². The monoisotopic (exact) mass is 203 g/mol. The maximum Gasteiger partial charge on any atom is 0.359 e. The van der Waals surface area contributed by atoms with Gasteiger partial charge in [0, 0.05) is 7.05 Å². The van der Waals surface area contributed by atoms with Crippen LogP contribution in [0.5, 0.6) is 0 Å². The fourth-order valence-electron chi connectivity index (χ4n) is 0.682. The van der Waals surface area contributed by atoms with E-state index in [2.05, 4.69) is 9.97 Å². The van der Waals surface area contributed by atoms with Crippen LogP contribution in [-0.2, 0) is 10.3 Å². The van der Waals surface area contributed by atoms with Crippen LogP contribution in [0.4, 0.5) is 5.69 Å². The summed E-state index contributed by atoms with van der Waals surface area (Å²) in [6, 6.07) is 0. The molecule has 0 radical (unpaired) electrons. The molecule has 0 unspecified atom stereocenters. The second-order valence-electron chi connectivity index (χ2n) is 2.43. The molecule has 0 saturated carbocycles. The van der Waals surface area contributed by atoms with E-state index in [0.717, 1.165) is 0 Å². The Morgan fingerprint density at radius 1 is 1.38 bits per heavy atom. The smallest absolute Gasteiger partial charge is 0.269 e. The molecule has 7 heteroatoms. The minimum Gasteiger partial charge on any atom is -0.269 e. The van der Waals surface area contributed by atoms with Crippen molar-refractivity contribution in [1.82, 2.24) is 9.97 Å². The lowest BCUT2D eigenvalue weighted by Crippen LogP contribution is -2.25. The average Bonchev–Trinajstić information content (AvgIpc) is 2.03. The van der Waals surface area contributed by atoms with Crippen molar-refractivity contribution >= 4 is 16.0 Å². The van der Waals surface area contributed by atoms with Crippen molar-refractivity contribution in [3.63, 3.8) is 0 Å². The van der Waals surface area contributed by atoms with Crippen LogP contribution in [-0.4, -0.2) is 30.0 Å². The number of hydrogen-bond donors (Lipinski definition) is 1. The Balaban J connectivity index is 3.04. The summed E-state index contributed by atoms with van der Waals surface area (Å²) in [6.07, 6.45) is 2.63. The van der Waals surface area contributed by atoms with E-state index < -0.39 is 10.3 Å². The number of anilines is 1. The molecule has 0 aliphatic carbocycles. The van der Waals surface area contributed by atoms with Gasteiger partial charge in [-0.25, -0.2) is 14.3 Å². The van der Waals surface area contributed by atoms with Gasteiger partial charge in [-0.1, -0.05) is 0 Å². The first-order valence-corrected chi connectivity index (χ1v) is 4.81. The molecule has 0 saturated heterocycles. The molecule has 0 atom stereocenters. The summed E-state index contributed by atoms with van der Waals surface area (Å²) in [4.78, 5) is 7.57. The maximum atomic E-state index is 10.6. The summed E-state index contributed by atoms with van der Waals surface area (Å²) >= 11 is 0. The third-order valence-corrected chi connectivity index (χ3v) is 2.38. The maximum absolute atomic E-state index is 10.6. The Morgan fingerprint density at radius 2 is 1.85 bits per heavy atom. The first-order valence-electron chi connectivity index (χ1n) is 3.41. The van der Waals surface area contributed by atoms with Crippen LogP contribution >= 0.6 is 0 Å². The van der Waals surface area contributed by atoms with E-state index in [1.54, 1.807) is 6.92 Å². The van der Waals surface area contributed by atoms with Crippen LogP contribution in [0.15, 0.2) is 12.4 Å². The van der Waals surface area contributed by atoms with Crippen molar-refractivity contribution in [2.45, 2.75) is 6.92 Å². The van der Waals surface area contributed by atoms with Gasteiger partial charge in [-0.3, -0.25) is 4.55 Å². The Kier molecular flexibility index (Phi) is 2.48. The molecule has 1 aromatic heterocycles. The zero-order valence-electron chi connectivity index (χ0n) is 7.17. The number of nitrogens with zero attached hydrogens (tertiary/aromatic N) is 3. The molecule has 0 fully saturated rings. The number of aryl methyl sites for hydroxylation is 1. The average molecular weight is 203 g/mol. The molecule has 1 aromatic rings. The molecule has 0 aliphatic rings. The van der Waals surface area contributed by atoms with E-state index in [1.165, 1.54) is 19.4 Å². The SMILES string of the molecule is Cc1ncc(N(C)S(=O)(=O)O)cn1. The number of aromatic nitrogens is 2. The van der Waals surface area contributed by atoms with Gasteiger partial charge >= 0.3 is 10.3 Å². The van der Waals surface area contributed by atoms with E-state index >= 15 is 0 Å². The summed E-state index contributed by atoms with van der Waals surface area (Å²) in [5, 5.41) is 0. The van der Waals surface area contributed by atoms with Gasteiger partial charge in [0.05, 0.1) is 18.1 Å². The van der Waals surface area contributed by atoms with Crippen LogP contribution in [0, 0.1) is 6.92 Å². The summed E-state index contributed by atoms with van der Waals surface area (Å²) < 4.78 is 30.6. The van der Waals surface area contributed by atoms with Gasteiger partial charge in [0.25, 0.3) is 0 Å². The normalized spacial score (nSPS) is 11.3. The summed E-state index contributed by atoms with van der Waals surface area (Å²) in [6.45, 7) is 1.68. The lowest BCUT2D eigenvalue weighted by molar-refractivity contribution is 0.481. The van der Waals surface area contributed by atoms with Crippen molar-refractivity contribution in [3.05, 3.63) is 18.2 Å². The Morgan fingerprint density at radius 3 is 2.23 bits per heavy atom. The molecule has 0 aromatic carbocycles. The Labute approximate surface area is 76.1 Å². The molecule has 13 heavy (non-hydrogen) atoms. The topological polar surface area (TPSA) is 83.4 Å². The third kappa shape index (κ3) is 2.36. The molecule has 0 amide bonds. The highest BCUT2D eigenvalue weighted by Crippen LogP contribution is 2.11. The van der Waals surface area contributed by atoms with Gasteiger partial charge in [0.2, 0.25) is 0 Å². The van der Waals surface area contributed by atoms with Crippen molar-refractivity contribution in [3.8, 4) is 0 Å². The first-order chi connectivity index (χ1) is 5.91. The quantitative estimate of drug-likeness (QED) is 0.685. The van der Waals surface area contributed by atoms with Crippen LogP contribution in [0.1, 0.15) is 5.82 Å². The number of hydrogen-bond acceptors (Lipinski definition) is 4. The molecule has 0 aliphatic heterocycles. The minimum absolute atomic E-state index is 0.216. The molecular weight excluding hydrogens is 194 g/mol. The standard InChI is InChI=1S/C6H9N3O3S/c1-5-7-3-6(4-8-5)9(2)13(10,11)12/h3-4H,1-2H3,(H,10,11,12). The zero-order chi connectivity index (χ0) is 10.1. The fraction of sp³-hybridized carbons (Fsp3) is 0.333. The highest BCUT2D eigenvalue weighted by molar-refractivity contribution is 7.87. The molecule has 72 valence electrons. The fourth-order valence-corrected chi connectivity index (χ4v) is 1.04. The predicted octanol–water partition coefficient (Wildman–Crippen LogP) is 0.0240. The molecule has 0 bridgehead atoms. The van der Waals surface area contributed by atoms with E-state index in [-0.39, 0.29) is 5.69 Å². The van der Waals surface area contributed by atoms with Crippen LogP contribution < -0.4 is 4.31 Å². The molecule has 1 N–H and O–H groups in total. The summed E-state index contributed by atoms with van der Waals surface area (Å²) in [5.41, 5.74) is 0.216. The van der Waals surface area contributed by atoms with Crippen molar-refractivity contribution < 1.29 is 13.0 Å². The van der Waals surface area contributed by atoms with Crippen molar-refractivity contribution in [2.75, 3.05) is 11.4 Å². The van der Waals surface area contributed by atoms with Crippen LogP contribution in [0.25, 0.3) is 0 Å². The van der Waals surface area contributed by atoms with Crippen LogP contribution in [0.3, 0.4) is 0 Å². The summed E-state index contributed by atoms with van der Waals surface area (Å²) in [5.74, 6) is 0.535.